The van der Waals surface area contributed by atoms with Gasteiger partial charge in [0, 0.05) is 16.5 Å². The number of halogens is 1. The van der Waals surface area contributed by atoms with Gasteiger partial charge in [0.05, 0.1) is 18.6 Å². The van der Waals surface area contributed by atoms with E-state index in [1.807, 2.05) is 30.3 Å². The van der Waals surface area contributed by atoms with E-state index in [1.54, 1.807) is 43.5 Å². The highest BCUT2D eigenvalue weighted by atomic mass is 79.9. The average Bonchev–Trinajstić information content (AvgIpc) is 3.13. The van der Waals surface area contributed by atoms with E-state index in [2.05, 4.69) is 33.5 Å². The Kier molecular flexibility index (Phi) is 8.22. The molecule has 2 amide bonds. The lowest BCUT2D eigenvalue weighted by Crippen LogP contribution is -2.44. The second kappa shape index (κ2) is 11.5. The number of rotatable bonds is 8. The number of carbonyl (C=O) groups excluding carboxylic acids is 2. The highest BCUT2D eigenvalue weighted by molar-refractivity contribution is 9.10. The van der Waals surface area contributed by atoms with Gasteiger partial charge in [-0.25, -0.2) is 0 Å². The van der Waals surface area contributed by atoms with Crippen LogP contribution in [0.1, 0.15) is 21.5 Å². The summed E-state index contributed by atoms with van der Waals surface area (Å²) in [6.45, 7) is 0.510. The highest BCUT2D eigenvalue weighted by Gasteiger charge is 2.33. The van der Waals surface area contributed by atoms with Crippen LogP contribution in [0, 0.1) is 0 Å². The summed E-state index contributed by atoms with van der Waals surface area (Å²) in [5, 5.41) is 1.09. The molecular formula is C26H21BrN2O4S2. The zero-order valence-corrected chi connectivity index (χ0v) is 21.9. The Morgan fingerprint density at radius 1 is 1.09 bits per heavy atom. The van der Waals surface area contributed by atoms with Crippen molar-refractivity contribution in [3.63, 3.8) is 0 Å². The van der Waals surface area contributed by atoms with Crippen molar-refractivity contribution in [3.8, 4) is 11.5 Å². The summed E-state index contributed by atoms with van der Waals surface area (Å²) in [5.74, 6) is 0.363. The fourth-order valence-electron chi connectivity index (χ4n) is 3.30. The van der Waals surface area contributed by atoms with Crippen molar-refractivity contribution >= 4 is 62.1 Å². The number of nitrogens with one attached hydrogen (secondary N) is 1. The minimum Gasteiger partial charge on any atom is -0.493 e. The molecule has 35 heavy (non-hydrogen) atoms. The number of carbonyl (C=O) groups is 2. The Bertz CT molecular complexity index is 1280. The molecule has 1 aliphatic rings. The second-order valence-electron chi connectivity index (χ2n) is 7.46. The van der Waals surface area contributed by atoms with Crippen molar-refractivity contribution in [1.82, 2.24) is 10.4 Å². The molecule has 3 aromatic rings. The van der Waals surface area contributed by atoms with E-state index in [0.717, 1.165) is 33.2 Å². The Morgan fingerprint density at radius 3 is 2.54 bits per heavy atom. The van der Waals surface area contributed by atoms with Gasteiger partial charge in [0.1, 0.15) is 0 Å². The van der Waals surface area contributed by atoms with Crippen LogP contribution in [-0.2, 0) is 11.2 Å². The van der Waals surface area contributed by atoms with Gasteiger partial charge in [-0.2, -0.15) is 5.01 Å². The maximum absolute atomic E-state index is 12.9. The van der Waals surface area contributed by atoms with Gasteiger partial charge in [0.25, 0.3) is 11.8 Å². The van der Waals surface area contributed by atoms with Crippen LogP contribution in [0.5, 0.6) is 11.5 Å². The molecule has 0 unspecified atom stereocenters. The summed E-state index contributed by atoms with van der Waals surface area (Å²) in [4.78, 5) is 25.8. The normalized spacial score (nSPS) is 14.3. The minimum absolute atomic E-state index is 0.250. The van der Waals surface area contributed by atoms with Crippen molar-refractivity contribution in [2.75, 3.05) is 13.7 Å². The first kappa shape index (κ1) is 25.0. The molecule has 0 radical (unpaired) electrons. The number of nitrogens with zero attached hydrogens (tertiary/aromatic N) is 1. The Hall–Kier alpha value is -3.14. The zero-order valence-electron chi connectivity index (χ0n) is 18.7. The summed E-state index contributed by atoms with van der Waals surface area (Å²) in [6.07, 6.45) is 2.49. The molecule has 9 heteroatoms. The third-order valence-corrected chi connectivity index (χ3v) is 6.92. The first-order chi connectivity index (χ1) is 16.9. The summed E-state index contributed by atoms with van der Waals surface area (Å²) >= 11 is 9.77. The maximum Gasteiger partial charge on any atom is 0.285 e. The molecule has 4 rings (SSSR count). The average molecular weight is 570 g/mol. The van der Waals surface area contributed by atoms with E-state index in [9.17, 15) is 9.59 Å². The minimum atomic E-state index is -0.422. The molecule has 1 N–H and O–H groups in total. The van der Waals surface area contributed by atoms with E-state index in [0.29, 0.717) is 28.6 Å². The molecule has 0 bridgehead atoms. The number of ether oxygens (including phenoxy) is 2. The summed E-state index contributed by atoms with van der Waals surface area (Å²) in [6, 6.07) is 22.4. The first-order valence-electron chi connectivity index (χ1n) is 10.6. The molecule has 1 saturated heterocycles. The number of methoxy groups -OCH3 is 1. The van der Waals surface area contributed by atoms with E-state index >= 15 is 0 Å². The lowest BCUT2D eigenvalue weighted by molar-refractivity contribution is -0.123. The van der Waals surface area contributed by atoms with Gasteiger partial charge in [-0.1, -0.05) is 64.1 Å². The number of hydrogen-bond acceptors (Lipinski definition) is 6. The summed E-state index contributed by atoms with van der Waals surface area (Å²) in [5.41, 5.74) is 4.93. The molecule has 0 aliphatic carbocycles. The van der Waals surface area contributed by atoms with Gasteiger partial charge in [-0.3, -0.25) is 15.0 Å². The van der Waals surface area contributed by atoms with Gasteiger partial charge in [0.2, 0.25) is 0 Å². The topological polar surface area (TPSA) is 67.9 Å². The molecular weight excluding hydrogens is 548 g/mol. The number of thioether (sulfide) groups is 1. The predicted octanol–water partition coefficient (Wildman–Crippen LogP) is 5.63. The standard InChI is InChI=1S/C26H21BrN2O4S2/c1-32-22-15-18(7-12-21(22)33-14-13-17-5-3-2-4-6-17)16-23-25(31)29(26(34)35-23)28-24(30)19-8-10-20(27)11-9-19/h2-12,15-16H,13-14H2,1H3,(H,28,30)/b23-16-. The van der Waals surface area contributed by atoms with Crippen molar-refractivity contribution in [2.45, 2.75) is 6.42 Å². The third-order valence-electron chi connectivity index (χ3n) is 5.09. The van der Waals surface area contributed by atoms with E-state index in [-0.39, 0.29) is 4.32 Å². The lowest BCUT2D eigenvalue weighted by atomic mass is 10.1. The molecule has 6 nitrogen and oxygen atoms in total. The van der Waals surface area contributed by atoms with Crippen molar-refractivity contribution in [2.24, 2.45) is 0 Å². The largest absolute Gasteiger partial charge is 0.493 e. The van der Waals surface area contributed by atoms with E-state index in [1.165, 1.54) is 5.56 Å². The fourth-order valence-corrected chi connectivity index (χ4v) is 4.74. The van der Waals surface area contributed by atoms with Crippen LogP contribution in [0.3, 0.4) is 0 Å². The lowest BCUT2D eigenvalue weighted by Gasteiger charge is -2.15. The van der Waals surface area contributed by atoms with Crippen LogP contribution in [0.25, 0.3) is 6.08 Å². The van der Waals surface area contributed by atoms with Gasteiger partial charge in [-0.05, 0) is 65.8 Å². The summed E-state index contributed by atoms with van der Waals surface area (Å²) in [7, 11) is 1.57. The van der Waals surface area contributed by atoms with Gasteiger partial charge in [-0.15, -0.1) is 0 Å². The zero-order chi connectivity index (χ0) is 24.8. The monoisotopic (exact) mass is 568 g/mol. The van der Waals surface area contributed by atoms with Gasteiger partial charge >= 0.3 is 0 Å². The van der Waals surface area contributed by atoms with Crippen LogP contribution in [0.2, 0.25) is 0 Å². The number of amides is 2. The Morgan fingerprint density at radius 2 is 1.83 bits per heavy atom. The first-order valence-corrected chi connectivity index (χ1v) is 12.7. The molecule has 0 spiro atoms. The van der Waals surface area contributed by atoms with E-state index in [4.69, 9.17) is 21.7 Å². The van der Waals surface area contributed by atoms with Gasteiger partial charge < -0.3 is 9.47 Å². The third kappa shape index (κ3) is 6.30. The van der Waals surface area contributed by atoms with Crippen LogP contribution in [-0.4, -0.2) is 34.9 Å². The van der Waals surface area contributed by atoms with E-state index < -0.39 is 11.8 Å². The summed E-state index contributed by atoms with van der Waals surface area (Å²) < 4.78 is 12.5. The number of hydrogen-bond donors (Lipinski definition) is 1. The van der Waals surface area contributed by atoms with Crippen molar-refractivity contribution in [1.29, 1.82) is 0 Å². The second-order valence-corrected chi connectivity index (χ2v) is 10.1. The van der Waals surface area contributed by atoms with Crippen LogP contribution < -0.4 is 14.9 Å². The number of hydrazine groups is 1. The Labute approximate surface area is 221 Å². The quantitative estimate of drug-likeness (QED) is 0.281. The number of thiocarbonyl (C=S) groups is 1. The molecule has 0 saturated carbocycles. The van der Waals surface area contributed by atoms with Crippen LogP contribution >= 0.6 is 39.9 Å². The van der Waals surface area contributed by atoms with Crippen LogP contribution in [0.4, 0.5) is 0 Å². The fraction of sp³-hybridized carbons (Fsp3) is 0.115. The van der Waals surface area contributed by atoms with Gasteiger partial charge in [0.15, 0.2) is 15.8 Å². The predicted molar refractivity (Wildman–Crippen MR) is 145 cm³/mol. The SMILES string of the molecule is COc1cc(/C=C2\SC(=S)N(NC(=O)c3ccc(Br)cc3)C2=O)ccc1OCCc1ccccc1. The molecule has 3 aromatic carbocycles. The maximum atomic E-state index is 12.9. The van der Waals surface area contributed by atoms with Crippen molar-refractivity contribution < 1.29 is 19.1 Å². The molecule has 1 aliphatic heterocycles. The molecule has 1 heterocycles. The molecule has 1 fully saturated rings. The molecule has 0 atom stereocenters. The van der Waals surface area contributed by atoms with Crippen LogP contribution in [0.15, 0.2) is 82.2 Å². The highest BCUT2D eigenvalue weighted by Crippen LogP contribution is 2.34. The molecule has 0 aromatic heterocycles. The molecule has 178 valence electrons. The number of benzene rings is 3. The smallest absolute Gasteiger partial charge is 0.285 e. The Balaban J connectivity index is 1.42. The van der Waals surface area contributed by atoms with Crippen molar-refractivity contribution in [3.05, 3.63) is 98.9 Å².